The Labute approximate surface area is 65.0 Å². The molecule has 1 aliphatic rings. The molecule has 56 valence electrons. The Hall–Kier alpha value is -0.520. The van der Waals surface area contributed by atoms with Gasteiger partial charge in [0.15, 0.2) is 0 Å². The van der Waals surface area contributed by atoms with Gasteiger partial charge in [-0.2, -0.15) is 0 Å². The standard InChI is InChI=1S/C10H16/c1-2-3-7-10-8-5-4-6-9-10/h4-6,8,10H,2-3,7,9H2,1H3/i9D. The van der Waals surface area contributed by atoms with Gasteiger partial charge in [-0.15, -0.1) is 0 Å². The van der Waals surface area contributed by atoms with Crippen molar-refractivity contribution < 1.29 is 1.37 Å². The van der Waals surface area contributed by atoms with Crippen molar-refractivity contribution in [2.24, 2.45) is 5.92 Å². The molecule has 2 atom stereocenters. The molecular formula is C10H16. The average molecular weight is 137 g/mol. The monoisotopic (exact) mass is 137 g/mol. The topological polar surface area (TPSA) is 0 Å². The molecule has 0 saturated heterocycles. The van der Waals surface area contributed by atoms with Crippen molar-refractivity contribution in [3.8, 4) is 0 Å². The van der Waals surface area contributed by atoms with Crippen LogP contribution in [-0.4, -0.2) is 0 Å². The molecule has 0 fully saturated rings. The second-order valence-corrected chi connectivity index (χ2v) is 2.77. The predicted molar refractivity (Wildman–Crippen MR) is 45.9 cm³/mol. The summed E-state index contributed by atoms with van der Waals surface area (Å²) in [5, 5.41) is 0. The van der Waals surface area contributed by atoms with Crippen molar-refractivity contribution in [1.29, 1.82) is 0 Å². The maximum Gasteiger partial charge on any atom is 0.0316 e. The fraction of sp³-hybridized carbons (Fsp3) is 0.600. The van der Waals surface area contributed by atoms with Crippen molar-refractivity contribution in [3.05, 3.63) is 24.3 Å². The average Bonchev–Trinajstić information content (AvgIpc) is 2.03. The molecule has 2 unspecified atom stereocenters. The Morgan fingerprint density at radius 3 is 3.20 bits per heavy atom. The summed E-state index contributed by atoms with van der Waals surface area (Å²) in [6.07, 6.45) is 11.8. The minimum absolute atomic E-state index is 0.00606. The molecule has 0 radical (unpaired) electrons. The predicted octanol–water partition coefficient (Wildman–Crippen LogP) is 3.31. The van der Waals surface area contributed by atoms with Crippen LogP contribution in [-0.2, 0) is 0 Å². The zero-order chi connectivity index (χ0) is 8.10. The van der Waals surface area contributed by atoms with E-state index in [0.717, 1.165) is 0 Å². The molecule has 0 N–H and O–H groups in total. The lowest BCUT2D eigenvalue weighted by Crippen LogP contribution is -1.96. The molecular weight excluding hydrogens is 120 g/mol. The van der Waals surface area contributed by atoms with Gasteiger partial charge in [-0.25, -0.2) is 0 Å². The lowest BCUT2D eigenvalue weighted by atomic mass is 9.95. The van der Waals surface area contributed by atoms with Gasteiger partial charge in [0, 0.05) is 1.37 Å². The van der Waals surface area contributed by atoms with E-state index in [9.17, 15) is 0 Å². The van der Waals surface area contributed by atoms with E-state index in [-0.39, 0.29) is 6.40 Å². The summed E-state index contributed by atoms with van der Waals surface area (Å²) in [6, 6.07) is 0. The number of unbranched alkanes of at least 4 members (excludes halogenated alkanes) is 1. The van der Waals surface area contributed by atoms with Gasteiger partial charge in [0.2, 0.25) is 0 Å². The van der Waals surface area contributed by atoms with Gasteiger partial charge in [-0.3, -0.25) is 0 Å². The summed E-state index contributed by atoms with van der Waals surface area (Å²) < 4.78 is 7.67. The maximum absolute atomic E-state index is 7.67. The van der Waals surface area contributed by atoms with Crippen LogP contribution in [0.1, 0.15) is 34.0 Å². The van der Waals surface area contributed by atoms with Crippen LogP contribution in [0.2, 0.25) is 0 Å². The summed E-state index contributed by atoms with van der Waals surface area (Å²) in [7, 11) is 0. The molecule has 1 rings (SSSR count). The molecule has 0 heteroatoms. The van der Waals surface area contributed by atoms with E-state index in [1.165, 1.54) is 19.3 Å². The highest BCUT2D eigenvalue weighted by Gasteiger charge is 2.02. The lowest BCUT2D eigenvalue weighted by molar-refractivity contribution is 0.558. The highest BCUT2D eigenvalue weighted by Crippen LogP contribution is 2.17. The number of hydrogen-bond acceptors (Lipinski definition) is 0. The zero-order valence-electron chi connectivity index (χ0n) is 7.59. The molecule has 0 heterocycles. The number of hydrogen-bond donors (Lipinski definition) is 0. The molecule has 0 spiro atoms. The van der Waals surface area contributed by atoms with Crippen LogP contribution in [0.15, 0.2) is 24.3 Å². The highest BCUT2D eigenvalue weighted by molar-refractivity contribution is 5.10. The minimum atomic E-state index is 0.00606. The van der Waals surface area contributed by atoms with E-state index < -0.39 is 0 Å². The van der Waals surface area contributed by atoms with Crippen LogP contribution < -0.4 is 0 Å². The summed E-state index contributed by atoms with van der Waals surface area (Å²) >= 11 is 0. The Bertz CT molecular complexity index is 158. The first-order chi connectivity index (χ1) is 5.34. The number of allylic oxidation sites excluding steroid dienone is 4. The van der Waals surface area contributed by atoms with Crippen LogP contribution in [0, 0.1) is 5.92 Å². The van der Waals surface area contributed by atoms with Crippen molar-refractivity contribution in [2.45, 2.75) is 32.6 Å². The van der Waals surface area contributed by atoms with Crippen LogP contribution in [0.3, 0.4) is 0 Å². The summed E-state index contributed by atoms with van der Waals surface area (Å²) in [5.74, 6) is 0.472. The quantitative estimate of drug-likeness (QED) is 0.560. The molecule has 0 aromatic rings. The molecule has 0 aromatic heterocycles. The molecule has 0 nitrogen and oxygen atoms in total. The zero-order valence-corrected chi connectivity index (χ0v) is 6.59. The fourth-order valence-electron chi connectivity index (χ4n) is 1.17. The van der Waals surface area contributed by atoms with Gasteiger partial charge in [0.1, 0.15) is 0 Å². The largest absolute Gasteiger partial charge is 0.0840 e. The maximum atomic E-state index is 7.67. The van der Waals surface area contributed by atoms with Crippen LogP contribution in [0.5, 0.6) is 0 Å². The third-order valence-corrected chi connectivity index (χ3v) is 1.83. The van der Waals surface area contributed by atoms with Gasteiger partial charge < -0.3 is 0 Å². The SMILES string of the molecule is [2H]C1C=CC=CC1CCCC. The Kier molecular flexibility index (Phi) is 2.68. The van der Waals surface area contributed by atoms with Crippen molar-refractivity contribution in [3.63, 3.8) is 0 Å². The van der Waals surface area contributed by atoms with Crippen molar-refractivity contribution in [2.75, 3.05) is 0 Å². The van der Waals surface area contributed by atoms with Crippen LogP contribution in [0.4, 0.5) is 0 Å². The first-order valence-corrected chi connectivity index (χ1v) is 4.12. The van der Waals surface area contributed by atoms with Gasteiger partial charge in [0.25, 0.3) is 0 Å². The lowest BCUT2D eigenvalue weighted by Gasteiger charge is -2.10. The van der Waals surface area contributed by atoms with E-state index >= 15 is 0 Å². The van der Waals surface area contributed by atoms with E-state index in [4.69, 9.17) is 1.37 Å². The van der Waals surface area contributed by atoms with Crippen molar-refractivity contribution in [1.82, 2.24) is 0 Å². The van der Waals surface area contributed by atoms with Crippen LogP contribution in [0.25, 0.3) is 0 Å². The highest BCUT2D eigenvalue weighted by atomic mass is 14.1. The van der Waals surface area contributed by atoms with Gasteiger partial charge >= 0.3 is 0 Å². The van der Waals surface area contributed by atoms with E-state index in [2.05, 4.69) is 19.1 Å². The number of rotatable bonds is 3. The van der Waals surface area contributed by atoms with E-state index in [1.54, 1.807) is 0 Å². The molecule has 0 amide bonds. The van der Waals surface area contributed by atoms with Gasteiger partial charge in [-0.05, 0) is 18.7 Å². The Morgan fingerprint density at radius 2 is 2.50 bits per heavy atom. The summed E-state index contributed by atoms with van der Waals surface area (Å²) in [6.45, 7) is 2.20. The molecule has 0 bridgehead atoms. The second-order valence-electron chi connectivity index (χ2n) is 2.77. The summed E-state index contributed by atoms with van der Waals surface area (Å²) in [4.78, 5) is 0. The van der Waals surface area contributed by atoms with Crippen molar-refractivity contribution >= 4 is 0 Å². The molecule has 10 heavy (non-hydrogen) atoms. The smallest absolute Gasteiger partial charge is 0.0316 e. The Balaban J connectivity index is 2.33. The van der Waals surface area contributed by atoms with Gasteiger partial charge in [-0.1, -0.05) is 44.1 Å². The normalized spacial score (nSPS) is 32.3. The first-order valence-electron chi connectivity index (χ1n) is 4.69. The van der Waals surface area contributed by atoms with E-state index in [1.807, 2.05) is 12.2 Å². The van der Waals surface area contributed by atoms with Gasteiger partial charge in [0.05, 0.1) is 0 Å². The minimum Gasteiger partial charge on any atom is -0.0840 e. The molecule has 0 aliphatic heterocycles. The first kappa shape index (κ1) is 6.21. The fourth-order valence-corrected chi connectivity index (χ4v) is 1.17. The Morgan fingerprint density at radius 1 is 1.60 bits per heavy atom. The van der Waals surface area contributed by atoms with E-state index in [0.29, 0.717) is 5.92 Å². The molecule has 1 aliphatic carbocycles. The van der Waals surface area contributed by atoms with Crippen LogP contribution >= 0.6 is 0 Å². The third kappa shape index (κ3) is 2.38. The summed E-state index contributed by atoms with van der Waals surface area (Å²) in [5.41, 5.74) is 0. The second kappa shape index (κ2) is 4.32. The molecule has 0 aromatic carbocycles. The molecule has 0 saturated carbocycles. The third-order valence-electron chi connectivity index (χ3n) is 1.83.